The van der Waals surface area contributed by atoms with E-state index in [4.69, 9.17) is 5.73 Å². The van der Waals surface area contributed by atoms with E-state index in [2.05, 4.69) is 4.98 Å². The Hall–Kier alpha value is -1.24. The fourth-order valence-corrected chi connectivity index (χ4v) is 5.32. The van der Waals surface area contributed by atoms with Crippen LogP contribution in [0.1, 0.15) is 23.9 Å². The molecular formula is C14H18N2O2S2. The van der Waals surface area contributed by atoms with E-state index in [0.717, 1.165) is 5.56 Å². The van der Waals surface area contributed by atoms with Crippen molar-refractivity contribution < 1.29 is 8.42 Å². The zero-order valence-electron chi connectivity index (χ0n) is 11.5. The Kier molecular flexibility index (Phi) is 4.27. The van der Waals surface area contributed by atoms with Crippen LogP contribution >= 0.6 is 11.3 Å². The highest BCUT2D eigenvalue weighted by molar-refractivity contribution is 7.92. The van der Waals surface area contributed by atoms with Gasteiger partial charge in [0.25, 0.3) is 0 Å². The number of aryl methyl sites for hydroxylation is 1. The van der Waals surface area contributed by atoms with E-state index < -0.39 is 14.6 Å². The molecule has 0 aliphatic carbocycles. The van der Waals surface area contributed by atoms with Crippen LogP contribution in [0.3, 0.4) is 0 Å². The summed E-state index contributed by atoms with van der Waals surface area (Å²) in [6, 6.07) is 7.02. The van der Waals surface area contributed by atoms with Crippen molar-refractivity contribution in [2.24, 2.45) is 5.73 Å². The number of nitrogens with two attached hydrogens (primary N) is 1. The first-order valence-corrected chi connectivity index (χ1v) is 8.70. The fraction of sp³-hybridized carbons (Fsp3) is 0.357. The quantitative estimate of drug-likeness (QED) is 0.921. The number of nitrogens with zero attached hydrogens (tertiary/aromatic N) is 1. The summed E-state index contributed by atoms with van der Waals surface area (Å²) >= 11 is 1.35. The molecule has 4 nitrogen and oxygen atoms in total. The van der Waals surface area contributed by atoms with Gasteiger partial charge in [-0.05, 0) is 38.4 Å². The third-order valence-electron chi connectivity index (χ3n) is 3.48. The smallest absolute Gasteiger partial charge is 0.190 e. The number of rotatable bonds is 5. The first-order chi connectivity index (χ1) is 9.43. The molecule has 0 radical (unpaired) electrons. The van der Waals surface area contributed by atoms with E-state index in [1.165, 1.54) is 11.3 Å². The summed E-state index contributed by atoms with van der Waals surface area (Å²) in [4.78, 5) is 4.57. The molecule has 0 aliphatic rings. The van der Waals surface area contributed by atoms with E-state index in [1.54, 1.807) is 43.6 Å². The van der Waals surface area contributed by atoms with Crippen molar-refractivity contribution in [1.82, 2.24) is 4.98 Å². The molecule has 0 spiro atoms. The molecular weight excluding hydrogens is 292 g/mol. The van der Waals surface area contributed by atoms with Crippen LogP contribution in [-0.2, 0) is 14.6 Å². The van der Waals surface area contributed by atoms with Crippen LogP contribution in [0.15, 0.2) is 40.7 Å². The Balaban J connectivity index is 2.63. The second kappa shape index (κ2) is 5.63. The van der Waals surface area contributed by atoms with Crippen molar-refractivity contribution in [3.05, 3.63) is 46.4 Å². The van der Waals surface area contributed by atoms with E-state index >= 15 is 0 Å². The highest BCUT2D eigenvalue weighted by Crippen LogP contribution is 2.39. The lowest BCUT2D eigenvalue weighted by Crippen LogP contribution is -2.35. The largest absolute Gasteiger partial charge is 0.330 e. The average Bonchev–Trinajstić information content (AvgIpc) is 2.93. The van der Waals surface area contributed by atoms with Crippen LogP contribution in [0, 0.1) is 6.92 Å². The summed E-state index contributed by atoms with van der Waals surface area (Å²) < 4.78 is 25.1. The molecule has 20 heavy (non-hydrogen) atoms. The highest BCUT2D eigenvalue weighted by Gasteiger charge is 2.44. The van der Waals surface area contributed by atoms with Crippen LogP contribution in [0.25, 0.3) is 0 Å². The molecule has 0 fully saturated rings. The summed E-state index contributed by atoms with van der Waals surface area (Å²) in [6.07, 6.45) is 1.97. The zero-order chi connectivity index (χ0) is 14.8. The summed E-state index contributed by atoms with van der Waals surface area (Å²) in [5.74, 6) is 0. The molecule has 0 bridgehead atoms. The minimum Gasteiger partial charge on any atom is -0.330 e. The Morgan fingerprint density at radius 3 is 2.60 bits per heavy atom. The minimum atomic E-state index is -3.55. The maximum absolute atomic E-state index is 13.1. The highest BCUT2D eigenvalue weighted by atomic mass is 32.2. The van der Waals surface area contributed by atoms with Gasteiger partial charge in [-0.1, -0.05) is 18.2 Å². The first-order valence-electron chi connectivity index (χ1n) is 6.34. The summed E-state index contributed by atoms with van der Waals surface area (Å²) in [6.45, 7) is 3.80. The maximum atomic E-state index is 13.1. The van der Waals surface area contributed by atoms with Crippen LogP contribution in [0.5, 0.6) is 0 Å². The van der Waals surface area contributed by atoms with Crippen molar-refractivity contribution in [2.45, 2.75) is 29.9 Å². The van der Waals surface area contributed by atoms with Gasteiger partial charge in [-0.2, -0.15) is 0 Å². The molecule has 108 valence electrons. The molecule has 1 unspecified atom stereocenters. The fourth-order valence-electron chi connectivity index (χ4n) is 2.22. The van der Waals surface area contributed by atoms with Gasteiger partial charge < -0.3 is 5.73 Å². The van der Waals surface area contributed by atoms with Crippen LogP contribution in [-0.4, -0.2) is 19.9 Å². The van der Waals surface area contributed by atoms with Gasteiger partial charge in [0.15, 0.2) is 9.84 Å². The number of benzene rings is 1. The maximum Gasteiger partial charge on any atom is 0.190 e. The van der Waals surface area contributed by atoms with Gasteiger partial charge in [0, 0.05) is 11.6 Å². The number of sulfone groups is 1. The molecule has 2 aromatic rings. The van der Waals surface area contributed by atoms with Gasteiger partial charge in [-0.25, -0.2) is 13.4 Å². The van der Waals surface area contributed by atoms with Crippen LogP contribution in [0.2, 0.25) is 0 Å². The molecule has 1 aromatic carbocycles. The predicted octanol–water partition coefficient (Wildman–Crippen LogP) is 2.49. The van der Waals surface area contributed by atoms with Gasteiger partial charge in [0.1, 0.15) is 9.75 Å². The molecule has 1 atom stereocenters. The van der Waals surface area contributed by atoms with E-state index in [1.807, 2.05) is 6.07 Å². The lowest BCUT2D eigenvalue weighted by molar-refractivity contribution is 0.518. The average molecular weight is 310 g/mol. The molecule has 0 aliphatic heterocycles. The number of aromatic nitrogens is 1. The lowest BCUT2D eigenvalue weighted by Gasteiger charge is -2.27. The molecule has 2 rings (SSSR count). The normalized spacial score (nSPS) is 14.9. The molecule has 1 heterocycles. The van der Waals surface area contributed by atoms with E-state index in [-0.39, 0.29) is 0 Å². The second-order valence-corrected chi connectivity index (χ2v) is 8.12. The first kappa shape index (κ1) is 15.2. The van der Waals surface area contributed by atoms with Gasteiger partial charge in [0.05, 0.1) is 4.90 Å². The Morgan fingerprint density at radius 2 is 2.05 bits per heavy atom. The van der Waals surface area contributed by atoms with Crippen molar-refractivity contribution in [2.75, 3.05) is 6.54 Å². The van der Waals surface area contributed by atoms with Crippen molar-refractivity contribution >= 4 is 21.2 Å². The van der Waals surface area contributed by atoms with Gasteiger partial charge in [-0.15, -0.1) is 11.3 Å². The Labute approximate surface area is 123 Å². The number of hydrogen-bond acceptors (Lipinski definition) is 5. The Morgan fingerprint density at radius 1 is 1.35 bits per heavy atom. The van der Waals surface area contributed by atoms with Gasteiger partial charge >= 0.3 is 0 Å². The van der Waals surface area contributed by atoms with Gasteiger partial charge in [-0.3, -0.25) is 0 Å². The zero-order valence-corrected chi connectivity index (χ0v) is 13.2. The van der Waals surface area contributed by atoms with Crippen molar-refractivity contribution in [3.63, 3.8) is 0 Å². The molecule has 2 N–H and O–H groups in total. The molecule has 1 aromatic heterocycles. The van der Waals surface area contributed by atoms with E-state index in [9.17, 15) is 8.42 Å². The van der Waals surface area contributed by atoms with Crippen molar-refractivity contribution in [1.29, 1.82) is 0 Å². The second-order valence-electron chi connectivity index (χ2n) is 4.88. The summed E-state index contributed by atoms with van der Waals surface area (Å²) in [7, 11) is -3.55. The number of thiazole rings is 1. The minimum absolute atomic E-state index is 0.293. The third-order valence-corrected chi connectivity index (χ3v) is 7.27. The molecule has 0 saturated carbocycles. The SMILES string of the molecule is Cc1ccccc1S(=O)(=O)C(C)(CCN)c1nccs1. The molecule has 0 saturated heterocycles. The predicted molar refractivity (Wildman–Crippen MR) is 81.5 cm³/mol. The summed E-state index contributed by atoms with van der Waals surface area (Å²) in [5.41, 5.74) is 6.39. The standard InChI is InChI=1S/C14H18N2O2S2/c1-11-5-3-4-6-12(11)20(17,18)14(2,7-8-15)13-16-9-10-19-13/h3-6,9-10H,7-8,15H2,1-2H3. The van der Waals surface area contributed by atoms with Crippen LogP contribution < -0.4 is 5.73 Å². The monoisotopic (exact) mass is 310 g/mol. The topological polar surface area (TPSA) is 73.0 Å². The third kappa shape index (κ3) is 2.39. The molecule has 6 heteroatoms. The van der Waals surface area contributed by atoms with Crippen molar-refractivity contribution in [3.8, 4) is 0 Å². The number of hydrogen-bond donors (Lipinski definition) is 1. The molecule has 0 amide bonds. The van der Waals surface area contributed by atoms with Gasteiger partial charge in [0.2, 0.25) is 0 Å². The Bertz CT molecular complexity index is 681. The summed E-state index contributed by atoms with van der Waals surface area (Å²) in [5, 5.41) is 2.38. The lowest BCUT2D eigenvalue weighted by atomic mass is 10.1. The van der Waals surface area contributed by atoms with Crippen LogP contribution in [0.4, 0.5) is 0 Å². The van der Waals surface area contributed by atoms with E-state index in [0.29, 0.717) is 22.9 Å².